The average Bonchev–Trinajstić information content (AvgIpc) is 2.41. The normalized spacial score (nSPS) is 12.3. The predicted molar refractivity (Wildman–Crippen MR) is 82.6 cm³/mol. The van der Waals surface area contributed by atoms with Gasteiger partial charge in [-0.2, -0.15) is 0 Å². The van der Waals surface area contributed by atoms with E-state index in [-0.39, 0.29) is 17.2 Å². The lowest BCUT2D eigenvalue weighted by Gasteiger charge is -2.15. The largest absolute Gasteiger partial charge is 0.396 e. The number of aliphatic hydroxyl groups is 1. The highest BCUT2D eigenvalue weighted by Crippen LogP contribution is 2.25. The van der Waals surface area contributed by atoms with Gasteiger partial charge in [0.25, 0.3) is 5.69 Å². The third-order valence-corrected chi connectivity index (χ3v) is 3.87. The molecule has 5 nitrogen and oxygen atoms in total. The molecule has 0 aliphatic heterocycles. The molecule has 0 fully saturated rings. The van der Waals surface area contributed by atoms with Gasteiger partial charge in [0.15, 0.2) is 0 Å². The molecule has 0 amide bonds. The van der Waals surface area contributed by atoms with Crippen molar-refractivity contribution in [3.05, 3.63) is 38.3 Å². The zero-order chi connectivity index (χ0) is 15.0. The number of halogens is 1. The number of nitrogens with one attached hydrogen (secondary N) is 1. The molecule has 2 N–H and O–H groups in total. The number of aliphatic hydroxyl groups excluding tert-OH is 1. The van der Waals surface area contributed by atoms with Gasteiger partial charge in [0.2, 0.25) is 0 Å². The van der Waals surface area contributed by atoms with Crippen LogP contribution in [0.4, 0.5) is 5.69 Å². The van der Waals surface area contributed by atoms with E-state index in [0.29, 0.717) is 16.9 Å². The molecular weight excluding hydrogens is 324 g/mol. The molecule has 0 spiro atoms. The van der Waals surface area contributed by atoms with Gasteiger partial charge in [-0.05, 0) is 52.9 Å². The summed E-state index contributed by atoms with van der Waals surface area (Å²) < 4.78 is 0.496. The average molecular weight is 345 g/mol. The van der Waals surface area contributed by atoms with E-state index in [4.69, 9.17) is 5.11 Å². The molecule has 1 rings (SSSR count). The van der Waals surface area contributed by atoms with Crippen molar-refractivity contribution >= 4 is 21.6 Å². The monoisotopic (exact) mass is 344 g/mol. The molecule has 6 heteroatoms. The molecule has 0 aliphatic rings. The molecule has 0 aromatic heterocycles. The Labute approximate surface area is 127 Å². The molecule has 1 aromatic carbocycles. The smallest absolute Gasteiger partial charge is 0.283 e. The second-order valence-corrected chi connectivity index (χ2v) is 5.70. The Morgan fingerprint density at radius 2 is 2.20 bits per heavy atom. The zero-order valence-electron chi connectivity index (χ0n) is 11.6. The fourth-order valence-corrected chi connectivity index (χ4v) is 2.56. The summed E-state index contributed by atoms with van der Waals surface area (Å²) >= 11 is 3.17. The van der Waals surface area contributed by atoms with Crippen molar-refractivity contribution in [2.45, 2.75) is 32.7 Å². The fourth-order valence-electron chi connectivity index (χ4n) is 2.17. The topological polar surface area (TPSA) is 75.4 Å². The number of hydrogen-bond donors (Lipinski definition) is 2. The second kappa shape index (κ2) is 9.05. The summed E-state index contributed by atoms with van der Waals surface area (Å²) in [5, 5.41) is 23.2. The summed E-state index contributed by atoms with van der Waals surface area (Å²) in [5.74, 6) is 0.454. The minimum atomic E-state index is -0.390. The van der Waals surface area contributed by atoms with Crippen LogP contribution in [0.3, 0.4) is 0 Å². The molecule has 0 bridgehead atoms. The Kier molecular flexibility index (Phi) is 7.72. The second-order valence-electron chi connectivity index (χ2n) is 4.84. The Bertz CT molecular complexity index is 434. The molecule has 0 saturated heterocycles. The van der Waals surface area contributed by atoms with Crippen molar-refractivity contribution in [3.63, 3.8) is 0 Å². The molecule has 0 saturated carbocycles. The van der Waals surface area contributed by atoms with E-state index in [9.17, 15) is 10.1 Å². The third-order valence-electron chi connectivity index (χ3n) is 3.20. The first-order chi connectivity index (χ1) is 9.58. The van der Waals surface area contributed by atoms with Crippen LogP contribution in [-0.2, 0) is 6.54 Å². The van der Waals surface area contributed by atoms with Crippen LogP contribution < -0.4 is 5.32 Å². The van der Waals surface area contributed by atoms with Crippen molar-refractivity contribution in [3.8, 4) is 0 Å². The van der Waals surface area contributed by atoms with E-state index in [0.717, 1.165) is 31.4 Å². The first kappa shape index (κ1) is 17.1. The van der Waals surface area contributed by atoms with Crippen LogP contribution in [0.1, 0.15) is 31.7 Å². The van der Waals surface area contributed by atoms with E-state index < -0.39 is 0 Å². The van der Waals surface area contributed by atoms with Crippen LogP contribution in [-0.4, -0.2) is 23.2 Å². The first-order valence-corrected chi connectivity index (χ1v) is 7.62. The van der Waals surface area contributed by atoms with Crippen LogP contribution in [0.15, 0.2) is 22.7 Å². The SMILES string of the molecule is CCCC(CCO)CNCc1ccc(Br)c([N+](=O)[O-])c1. The Hall–Kier alpha value is -0.980. The summed E-state index contributed by atoms with van der Waals surface area (Å²) in [6.07, 6.45) is 2.96. The Morgan fingerprint density at radius 1 is 1.45 bits per heavy atom. The van der Waals surface area contributed by atoms with Gasteiger partial charge in [0, 0.05) is 19.2 Å². The maximum absolute atomic E-state index is 10.9. The standard InChI is InChI=1S/C14H21BrN2O3/c1-2-3-11(6-7-18)9-16-10-12-4-5-13(15)14(8-12)17(19)20/h4-5,8,11,16,18H,2-3,6-7,9-10H2,1H3. The van der Waals surface area contributed by atoms with Crippen LogP contribution in [0.5, 0.6) is 0 Å². The van der Waals surface area contributed by atoms with E-state index in [1.54, 1.807) is 12.1 Å². The number of nitro benzene ring substituents is 1. The highest BCUT2D eigenvalue weighted by atomic mass is 79.9. The van der Waals surface area contributed by atoms with E-state index >= 15 is 0 Å². The minimum absolute atomic E-state index is 0.0877. The predicted octanol–water partition coefficient (Wildman–Crippen LogP) is 3.25. The van der Waals surface area contributed by atoms with Gasteiger partial charge in [-0.3, -0.25) is 10.1 Å². The van der Waals surface area contributed by atoms with Crippen LogP contribution in [0.2, 0.25) is 0 Å². The number of hydrogen-bond acceptors (Lipinski definition) is 4. The molecule has 1 atom stereocenters. The zero-order valence-corrected chi connectivity index (χ0v) is 13.2. The summed E-state index contributed by atoms with van der Waals surface area (Å²) in [6, 6.07) is 5.15. The molecule has 1 aromatic rings. The number of nitro groups is 1. The van der Waals surface area contributed by atoms with Crippen molar-refractivity contribution in [1.82, 2.24) is 5.32 Å². The van der Waals surface area contributed by atoms with Crippen molar-refractivity contribution in [2.24, 2.45) is 5.92 Å². The van der Waals surface area contributed by atoms with Gasteiger partial charge in [0.1, 0.15) is 0 Å². The summed E-state index contributed by atoms with van der Waals surface area (Å²) in [7, 11) is 0. The van der Waals surface area contributed by atoms with Crippen molar-refractivity contribution in [2.75, 3.05) is 13.2 Å². The minimum Gasteiger partial charge on any atom is -0.396 e. The van der Waals surface area contributed by atoms with Gasteiger partial charge in [-0.25, -0.2) is 0 Å². The maximum atomic E-state index is 10.9. The number of rotatable bonds is 9. The van der Waals surface area contributed by atoms with Crippen molar-refractivity contribution < 1.29 is 10.0 Å². The lowest BCUT2D eigenvalue weighted by atomic mass is 10.0. The van der Waals surface area contributed by atoms with Crippen LogP contribution in [0, 0.1) is 16.0 Å². The van der Waals surface area contributed by atoms with Crippen LogP contribution in [0.25, 0.3) is 0 Å². The quantitative estimate of drug-likeness (QED) is 0.532. The molecule has 0 radical (unpaired) electrons. The van der Waals surface area contributed by atoms with Gasteiger partial charge in [0.05, 0.1) is 9.40 Å². The first-order valence-electron chi connectivity index (χ1n) is 6.82. The van der Waals surface area contributed by atoms with E-state index in [1.807, 2.05) is 6.07 Å². The fraction of sp³-hybridized carbons (Fsp3) is 0.571. The van der Waals surface area contributed by atoms with Gasteiger partial charge >= 0.3 is 0 Å². The molecule has 0 heterocycles. The van der Waals surface area contributed by atoms with Gasteiger partial charge in [-0.15, -0.1) is 0 Å². The Balaban J connectivity index is 2.53. The lowest BCUT2D eigenvalue weighted by molar-refractivity contribution is -0.385. The maximum Gasteiger partial charge on any atom is 0.283 e. The summed E-state index contributed by atoms with van der Waals surface area (Å²) in [4.78, 5) is 10.5. The lowest BCUT2D eigenvalue weighted by Crippen LogP contribution is -2.23. The van der Waals surface area contributed by atoms with Gasteiger partial charge in [-0.1, -0.05) is 19.4 Å². The number of benzene rings is 1. The van der Waals surface area contributed by atoms with Crippen LogP contribution >= 0.6 is 15.9 Å². The Morgan fingerprint density at radius 3 is 2.80 bits per heavy atom. The molecule has 0 aliphatic carbocycles. The van der Waals surface area contributed by atoms with E-state index in [2.05, 4.69) is 28.2 Å². The third kappa shape index (κ3) is 5.56. The highest BCUT2D eigenvalue weighted by Gasteiger charge is 2.12. The molecular formula is C14H21BrN2O3. The van der Waals surface area contributed by atoms with Crippen molar-refractivity contribution in [1.29, 1.82) is 0 Å². The number of nitrogens with zero attached hydrogens (tertiary/aromatic N) is 1. The molecule has 1 unspecified atom stereocenters. The van der Waals surface area contributed by atoms with E-state index in [1.165, 1.54) is 0 Å². The molecule has 112 valence electrons. The summed E-state index contributed by atoms with van der Waals surface area (Å²) in [5.41, 5.74) is 0.976. The molecule has 20 heavy (non-hydrogen) atoms. The summed E-state index contributed by atoms with van der Waals surface area (Å²) in [6.45, 7) is 3.75. The van der Waals surface area contributed by atoms with Gasteiger partial charge < -0.3 is 10.4 Å². The highest BCUT2D eigenvalue weighted by molar-refractivity contribution is 9.10.